The summed E-state index contributed by atoms with van der Waals surface area (Å²) in [7, 11) is 0. The van der Waals surface area contributed by atoms with E-state index in [0.717, 1.165) is 39.9 Å². The predicted octanol–water partition coefficient (Wildman–Crippen LogP) is 6.30. The number of hydrogen-bond donors (Lipinski definition) is 1. The summed E-state index contributed by atoms with van der Waals surface area (Å²) >= 11 is 20.1. The fraction of sp³-hybridized carbons (Fsp3) is 0.250. The number of rotatable bonds is 6. The highest BCUT2D eigenvalue weighted by Crippen LogP contribution is 2.36. The molecule has 0 saturated carbocycles. The van der Waals surface area contributed by atoms with Gasteiger partial charge in [-0.2, -0.15) is 0 Å². The van der Waals surface area contributed by atoms with Gasteiger partial charge in [0.15, 0.2) is 0 Å². The quantitative estimate of drug-likeness (QED) is 0.607. The first-order valence-corrected chi connectivity index (χ1v) is 8.67. The van der Waals surface area contributed by atoms with Crippen LogP contribution in [0.5, 0.6) is 0 Å². The smallest absolute Gasteiger partial charge is 0.0546 e. The van der Waals surface area contributed by atoms with Crippen molar-refractivity contribution in [3.8, 4) is 0 Å². The van der Waals surface area contributed by atoms with Gasteiger partial charge in [-0.1, -0.05) is 59.6 Å². The number of benzene rings is 2. The normalized spacial score (nSPS) is 10.9. The van der Waals surface area contributed by atoms with E-state index in [4.69, 9.17) is 34.8 Å². The van der Waals surface area contributed by atoms with Crippen molar-refractivity contribution < 1.29 is 0 Å². The van der Waals surface area contributed by atoms with Crippen molar-refractivity contribution in [1.29, 1.82) is 0 Å². The van der Waals surface area contributed by atoms with Crippen molar-refractivity contribution in [1.82, 2.24) is 5.32 Å². The second kappa shape index (κ2) is 8.30. The van der Waals surface area contributed by atoms with Gasteiger partial charge in [0, 0.05) is 26.4 Å². The van der Waals surface area contributed by atoms with Crippen LogP contribution in [0.25, 0.3) is 0 Å². The molecule has 0 radical (unpaired) electrons. The van der Waals surface area contributed by atoms with Crippen LogP contribution in [0.2, 0.25) is 15.1 Å². The minimum absolute atomic E-state index is 0.674. The monoisotopic (exact) mass is 359 g/mol. The van der Waals surface area contributed by atoms with Gasteiger partial charge in [-0.25, -0.2) is 0 Å². The maximum Gasteiger partial charge on any atom is 0.0546 e. The first-order valence-electron chi connectivity index (χ1n) is 6.72. The molecule has 0 spiro atoms. The molecule has 1 nitrogen and oxygen atoms in total. The molecule has 0 atom stereocenters. The zero-order valence-corrected chi connectivity index (χ0v) is 14.7. The fourth-order valence-corrected chi connectivity index (χ4v) is 3.52. The number of nitrogens with one attached hydrogen (secondary N) is 1. The molecule has 2 aromatic carbocycles. The molecule has 112 valence electrons. The van der Waals surface area contributed by atoms with E-state index >= 15 is 0 Å². The van der Waals surface area contributed by atoms with E-state index in [9.17, 15) is 0 Å². The van der Waals surface area contributed by atoms with Crippen molar-refractivity contribution >= 4 is 46.6 Å². The summed E-state index contributed by atoms with van der Waals surface area (Å²) in [5, 5.41) is 5.48. The molecule has 0 aromatic heterocycles. The zero-order valence-electron chi connectivity index (χ0n) is 11.6. The van der Waals surface area contributed by atoms with Crippen molar-refractivity contribution in [3.05, 3.63) is 57.0 Å². The molecule has 2 aromatic rings. The molecular weight excluding hydrogens is 345 g/mol. The van der Waals surface area contributed by atoms with E-state index in [1.807, 2.05) is 18.2 Å². The van der Waals surface area contributed by atoms with Gasteiger partial charge in [0.25, 0.3) is 0 Å². The molecule has 5 heteroatoms. The van der Waals surface area contributed by atoms with Gasteiger partial charge < -0.3 is 5.32 Å². The minimum Gasteiger partial charge on any atom is -0.313 e. The van der Waals surface area contributed by atoms with Crippen LogP contribution in [-0.2, 0) is 6.54 Å². The van der Waals surface area contributed by atoms with E-state index in [1.165, 1.54) is 0 Å². The Morgan fingerprint density at radius 1 is 1.00 bits per heavy atom. The van der Waals surface area contributed by atoms with Gasteiger partial charge in [0.2, 0.25) is 0 Å². The summed E-state index contributed by atoms with van der Waals surface area (Å²) in [4.78, 5) is 1.97. The van der Waals surface area contributed by atoms with Gasteiger partial charge in [0.1, 0.15) is 0 Å². The van der Waals surface area contributed by atoms with Gasteiger partial charge in [-0.15, -0.1) is 0 Å². The largest absolute Gasteiger partial charge is 0.313 e. The molecule has 2 rings (SSSR count). The molecule has 0 heterocycles. The van der Waals surface area contributed by atoms with Crippen LogP contribution in [0.15, 0.2) is 46.2 Å². The molecule has 0 amide bonds. The summed E-state index contributed by atoms with van der Waals surface area (Å²) < 4.78 is 0. The summed E-state index contributed by atoms with van der Waals surface area (Å²) in [5.74, 6) is 0. The van der Waals surface area contributed by atoms with Crippen molar-refractivity contribution in [3.63, 3.8) is 0 Å². The van der Waals surface area contributed by atoms with Gasteiger partial charge in [0.05, 0.1) is 5.02 Å². The van der Waals surface area contributed by atoms with Crippen LogP contribution in [0.3, 0.4) is 0 Å². The molecule has 0 aliphatic carbocycles. The Morgan fingerprint density at radius 3 is 2.52 bits per heavy atom. The van der Waals surface area contributed by atoms with Crippen LogP contribution >= 0.6 is 46.6 Å². The third-order valence-electron chi connectivity index (χ3n) is 2.89. The number of halogens is 3. The van der Waals surface area contributed by atoms with Crippen molar-refractivity contribution in [2.75, 3.05) is 6.54 Å². The highest BCUT2D eigenvalue weighted by atomic mass is 35.5. The van der Waals surface area contributed by atoms with Crippen LogP contribution in [0, 0.1) is 0 Å². The molecule has 21 heavy (non-hydrogen) atoms. The topological polar surface area (TPSA) is 12.0 Å². The lowest BCUT2D eigenvalue weighted by molar-refractivity contribution is 0.675. The Labute approximate surface area is 145 Å². The summed E-state index contributed by atoms with van der Waals surface area (Å²) in [6.07, 6.45) is 1.11. The second-order valence-electron chi connectivity index (χ2n) is 4.61. The maximum absolute atomic E-state index is 6.33. The Balaban J connectivity index is 2.11. The van der Waals surface area contributed by atoms with Crippen LogP contribution in [0.1, 0.15) is 18.9 Å². The Bertz CT molecular complexity index is 616. The molecule has 0 fully saturated rings. The second-order valence-corrected chi connectivity index (χ2v) is 6.97. The molecule has 0 bridgehead atoms. The SMILES string of the molecule is CCCNCc1ccc(Sc2cc(Cl)ccc2Cl)cc1Cl. The molecular formula is C16H16Cl3NS. The molecule has 0 aliphatic rings. The van der Waals surface area contributed by atoms with Gasteiger partial charge >= 0.3 is 0 Å². The van der Waals surface area contributed by atoms with Gasteiger partial charge in [-0.05, 0) is 48.9 Å². The Kier molecular flexibility index (Phi) is 6.72. The van der Waals surface area contributed by atoms with Crippen molar-refractivity contribution in [2.45, 2.75) is 29.7 Å². The standard InChI is InChI=1S/C16H16Cl3NS/c1-2-7-20-10-11-3-5-13(9-15(11)19)21-16-8-12(17)4-6-14(16)18/h3-6,8-9,20H,2,7,10H2,1H3. The molecule has 0 unspecified atom stereocenters. The first kappa shape index (κ1) is 17.0. The Morgan fingerprint density at radius 2 is 1.81 bits per heavy atom. The Hall–Kier alpha value is -0.380. The van der Waals surface area contributed by atoms with E-state index in [1.54, 1.807) is 23.9 Å². The average molecular weight is 361 g/mol. The maximum atomic E-state index is 6.33. The van der Waals surface area contributed by atoms with Crippen molar-refractivity contribution in [2.24, 2.45) is 0 Å². The lowest BCUT2D eigenvalue weighted by atomic mass is 10.2. The molecule has 1 N–H and O–H groups in total. The zero-order chi connectivity index (χ0) is 15.2. The van der Waals surface area contributed by atoms with E-state index in [0.29, 0.717) is 10.0 Å². The van der Waals surface area contributed by atoms with E-state index in [-0.39, 0.29) is 0 Å². The van der Waals surface area contributed by atoms with Crippen LogP contribution < -0.4 is 5.32 Å². The lowest BCUT2D eigenvalue weighted by Gasteiger charge is -2.09. The first-order chi connectivity index (χ1) is 10.1. The van der Waals surface area contributed by atoms with E-state index in [2.05, 4.69) is 18.3 Å². The summed E-state index contributed by atoms with van der Waals surface area (Å²) in [6.45, 7) is 3.92. The highest BCUT2D eigenvalue weighted by molar-refractivity contribution is 7.99. The van der Waals surface area contributed by atoms with Gasteiger partial charge in [-0.3, -0.25) is 0 Å². The van der Waals surface area contributed by atoms with E-state index < -0.39 is 0 Å². The number of hydrogen-bond acceptors (Lipinski definition) is 2. The fourth-order valence-electron chi connectivity index (χ4n) is 1.82. The molecule has 0 aliphatic heterocycles. The van der Waals surface area contributed by atoms with Crippen LogP contribution in [-0.4, -0.2) is 6.54 Å². The minimum atomic E-state index is 0.674. The predicted molar refractivity (Wildman–Crippen MR) is 94.0 cm³/mol. The van der Waals surface area contributed by atoms with Crippen LogP contribution in [0.4, 0.5) is 0 Å². The molecule has 0 saturated heterocycles. The third kappa shape index (κ3) is 5.08. The summed E-state index contributed by atoms with van der Waals surface area (Å²) in [6, 6.07) is 11.5. The lowest BCUT2D eigenvalue weighted by Crippen LogP contribution is -2.13. The third-order valence-corrected chi connectivity index (χ3v) is 4.96. The summed E-state index contributed by atoms with van der Waals surface area (Å²) in [5.41, 5.74) is 1.10. The highest BCUT2D eigenvalue weighted by Gasteiger charge is 2.07. The average Bonchev–Trinajstić information content (AvgIpc) is 2.45.